The van der Waals surface area contributed by atoms with Crippen LogP contribution in [-0.4, -0.2) is 32.9 Å². The van der Waals surface area contributed by atoms with Gasteiger partial charge < -0.3 is 4.90 Å². The second-order valence-corrected chi connectivity index (χ2v) is 5.01. The molecule has 1 fully saturated rings. The number of anilines is 1. The Morgan fingerprint density at radius 2 is 2.16 bits per heavy atom. The van der Waals surface area contributed by atoms with Crippen LogP contribution < -0.4 is 4.90 Å². The summed E-state index contributed by atoms with van der Waals surface area (Å²) in [5.41, 5.74) is 0.351. The van der Waals surface area contributed by atoms with Gasteiger partial charge in [-0.15, -0.1) is 15.3 Å². The molecule has 1 aliphatic rings. The summed E-state index contributed by atoms with van der Waals surface area (Å²) in [6, 6.07) is 3.50. The molecule has 2 aromatic heterocycles. The molecule has 1 saturated heterocycles. The van der Waals surface area contributed by atoms with Crippen LogP contribution in [0.2, 0.25) is 0 Å². The molecule has 1 aliphatic heterocycles. The summed E-state index contributed by atoms with van der Waals surface area (Å²) >= 11 is 0. The summed E-state index contributed by atoms with van der Waals surface area (Å²) in [6.45, 7) is 4.01. The van der Waals surface area contributed by atoms with Gasteiger partial charge in [0.2, 0.25) is 5.82 Å². The predicted molar refractivity (Wildman–Crippen MR) is 66.4 cm³/mol. The summed E-state index contributed by atoms with van der Waals surface area (Å²) < 4.78 is 26.7. The molecule has 0 spiro atoms. The molecule has 2 aromatic rings. The molecule has 0 amide bonds. The van der Waals surface area contributed by atoms with Gasteiger partial charge in [0.1, 0.15) is 5.82 Å². The molecule has 0 aromatic carbocycles. The maximum absolute atomic E-state index is 12.8. The van der Waals surface area contributed by atoms with Gasteiger partial charge in [0.05, 0.1) is 0 Å². The van der Waals surface area contributed by atoms with E-state index in [-0.39, 0.29) is 0 Å². The fraction of sp³-hybridized carbons (Fsp3) is 0.583. The Bertz CT molecular complexity index is 583. The highest BCUT2D eigenvalue weighted by Crippen LogP contribution is 2.23. The maximum atomic E-state index is 12.8. The zero-order chi connectivity index (χ0) is 13.4. The number of piperidine rings is 1. The molecule has 3 rings (SSSR count). The van der Waals surface area contributed by atoms with Gasteiger partial charge in [-0.3, -0.25) is 0 Å². The normalized spacial score (nSPS) is 20.4. The first-order chi connectivity index (χ1) is 9.15. The highest BCUT2D eigenvalue weighted by molar-refractivity contribution is 5.46. The lowest BCUT2D eigenvalue weighted by atomic mass is 10.0. The van der Waals surface area contributed by atoms with Crippen molar-refractivity contribution in [2.75, 3.05) is 18.0 Å². The number of fused-ring (bicyclic) bond motifs is 1. The topological polar surface area (TPSA) is 46.3 Å². The first-order valence-electron chi connectivity index (χ1n) is 6.40. The van der Waals surface area contributed by atoms with Gasteiger partial charge in [0.25, 0.3) is 6.43 Å². The van der Waals surface area contributed by atoms with Crippen LogP contribution in [0.1, 0.15) is 32.0 Å². The van der Waals surface area contributed by atoms with Crippen LogP contribution in [0.3, 0.4) is 0 Å². The van der Waals surface area contributed by atoms with Crippen molar-refractivity contribution in [3.63, 3.8) is 0 Å². The second-order valence-electron chi connectivity index (χ2n) is 5.01. The van der Waals surface area contributed by atoms with Gasteiger partial charge in [-0.1, -0.05) is 6.92 Å². The van der Waals surface area contributed by atoms with E-state index in [1.54, 1.807) is 6.07 Å². The number of hydrogen-bond donors (Lipinski definition) is 0. The Balaban J connectivity index is 1.98. The van der Waals surface area contributed by atoms with Gasteiger partial charge >= 0.3 is 0 Å². The van der Waals surface area contributed by atoms with E-state index in [2.05, 4.69) is 27.1 Å². The van der Waals surface area contributed by atoms with Crippen LogP contribution in [0.25, 0.3) is 5.65 Å². The number of alkyl halides is 2. The van der Waals surface area contributed by atoms with E-state index in [9.17, 15) is 8.78 Å². The largest absolute Gasteiger partial charge is 0.355 e. The van der Waals surface area contributed by atoms with Crippen LogP contribution in [0.4, 0.5) is 14.6 Å². The van der Waals surface area contributed by atoms with Crippen molar-refractivity contribution in [3.8, 4) is 0 Å². The van der Waals surface area contributed by atoms with Crippen LogP contribution in [0.15, 0.2) is 12.1 Å². The van der Waals surface area contributed by atoms with Crippen molar-refractivity contribution in [3.05, 3.63) is 18.0 Å². The lowest BCUT2D eigenvalue weighted by molar-refractivity contribution is 0.137. The minimum atomic E-state index is -2.67. The summed E-state index contributed by atoms with van der Waals surface area (Å²) in [5, 5.41) is 11.4. The maximum Gasteiger partial charge on any atom is 0.299 e. The Morgan fingerprint density at radius 3 is 2.89 bits per heavy atom. The number of nitrogens with zero attached hydrogens (tertiary/aromatic N) is 5. The molecule has 0 radical (unpaired) electrons. The van der Waals surface area contributed by atoms with Crippen molar-refractivity contribution in [1.29, 1.82) is 0 Å². The Morgan fingerprint density at radius 1 is 1.32 bits per heavy atom. The van der Waals surface area contributed by atoms with E-state index < -0.39 is 12.2 Å². The molecule has 1 unspecified atom stereocenters. The lowest BCUT2D eigenvalue weighted by Gasteiger charge is -2.31. The molecular formula is C12H15F2N5. The molecule has 3 heterocycles. The fourth-order valence-corrected chi connectivity index (χ4v) is 2.50. The molecule has 1 atom stereocenters. The lowest BCUT2D eigenvalue weighted by Crippen LogP contribution is -2.35. The van der Waals surface area contributed by atoms with Crippen molar-refractivity contribution in [2.45, 2.75) is 26.2 Å². The van der Waals surface area contributed by atoms with Crippen LogP contribution in [0.5, 0.6) is 0 Å². The average Bonchev–Trinajstić information content (AvgIpc) is 2.81. The summed E-state index contributed by atoms with van der Waals surface area (Å²) in [4.78, 5) is 2.13. The van der Waals surface area contributed by atoms with Crippen molar-refractivity contribution in [1.82, 2.24) is 19.8 Å². The first kappa shape index (κ1) is 12.3. The van der Waals surface area contributed by atoms with E-state index in [0.29, 0.717) is 17.4 Å². The monoisotopic (exact) mass is 267 g/mol. The highest BCUT2D eigenvalue weighted by Gasteiger charge is 2.21. The summed E-state index contributed by atoms with van der Waals surface area (Å²) in [6.07, 6.45) is -0.364. The van der Waals surface area contributed by atoms with Crippen LogP contribution >= 0.6 is 0 Å². The minimum absolute atomic E-state index is 0.351. The predicted octanol–water partition coefficient (Wildman–Crippen LogP) is 2.30. The van der Waals surface area contributed by atoms with Crippen molar-refractivity contribution < 1.29 is 8.78 Å². The van der Waals surface area contributed by atoms with E-state index >= 15 is 0 Å². The molecule has 0 aliphatic carbocycles. The Kier molecular flexibility index (Phi) is 3.04. The Hall–Kier alpha value is -1.79. The van der Waals surface area contributed by atoms with Gasteiger partial charge in [0, 0.05) is 13.1 Å². The van der Waals surface area contributed by atoms with E-state index in [1.165, 1.54) is 6.42 Å². The molecule has 5 nitrogen and oxygen atoms in total. The molecule has 102 valence electrons. The first-order valence-corrected chi connectivity index (χ1v) is 6.40. The van der Waals surface area contributed by atoms with Crippen LogP contribution in [0, 0.1) is 5.92 Å². The van der Waals surface area contributed by atoms with Gasteiger partial charge in [-0.2, -0.15) is 4.52 Å². The molecular weight excluding hydrogens is 252 g/mol. The fourth-order valence-electron chi connectivity index (χ4n) is 2.50. The van der Waals surface area contributed by atoms with Crippen molar-refractivity contribution in [2.24, 2.45) is 5.92 Å². The number of rotatable bonds is 2. The zero-order valence-corrected chi connectivity index (χ0v) is 10.6. The third-order valence-electron chi connectivity index (χ3n) is 3.45. The quantitative estimate of drug-likeness (QED) is 0.837. The number of aromatic nitrogens is 4. The molecule has 19 heavy (non-hydrogen) atoms. The third-order valence-corrected chi connectivity index (χ3v) is 3.45. The third kappa shape index (κ3) is 2.24. The minimum Gasteiger partial charge on any atom is -0.355 e. The Labute approximate surface area is 109 Å². The smallest absolute Gasteiger partial charge is 0.299 e. The molecule has 0 saturated carbocycles. The second kappa shape index (κ2) is 4.71. The molecule has 0 N–H and O–H groups in total. The zero-order valence-electron chi connectivity index (χ0n) is 10.6. The summed E-state index contributed by atoms with van der Waals surface area (Å²) in [5.74, 6) is 0.907. The standard InChI is InChI=1S/C12H15F2N5/c1-8-3-2-6-18(7-8)10-5-4-9-15-16-12(11(13)14)19(9)17-10/h4-5,8,11H,2-3,6-7H2,1H3. The van der Waals surface area contributed by atoms with E-state index in [4.69, 9.17) is 0 Å². The number of hydrogen-bond acceptors (Lipinski definition) is 4. The van der Waals surface area contributed by atoms with E-state index in [1.807, 2.05) is 6.07 Å². The van der Waals surface area contributed by atoms with Gasteiger partial charge in [-0.25, -0.2) is 8.78 Å². The number of halogens is 2. The average molecular weight is 267 g/mol. The highest BCUT2D eigenvalue weighted by atomic mass is 19.3. The summed E-state index contributed by atoms with van der Waals surface area (Å²) in [7, 11) is 0. The SMILES string of the molecule is CC1CCCN(c2ccc3nnc(C(F)F)n3n2)C1. The van der Waals surface area contributed by atoms with E-state index in [0.717, 1.165) is 24.0 Å². The van der Waals surface area contributed by atoms with Crippen molar-refractivity contribution >= 4 is 11.5 Å². The van der Waals surface area contributed by atoms with Crippen LogP contribution in [-0.2, 0) is 0 Å². The molecule has 0 bridgehead atoms. The van der Waals surface area contributed by atoms with Gasteiger partial charge in [0.15, 0.2) is 5.65 Å². The molecule has 7 heteroatoms. The van der Waals surface area contributed by atoms with Gasteiger partial charge in [-0.05, 0) is 30.9 Å².